The zero-order valence-corrected chi connectivity index (χ0v) is 10.1. The van der Waals surface area contributed by atoms with E-state index in [1.54, 1.807) is 4.68 Å². The molecule has 90 valence electrons. The van der Waals surface area contributed by atoms with Crippen molar-refractivity contribution in [1.29, 1.82) is 0 Å². The molecule has 2 N–H and O–H groups in total. The van der Waals surface area contributed by atoms with Crippen LogP contribution in [-0.2, 0) is 7.05 Å². The van der Waals surface area contributed by atoms with Crippen molar-refractivity contribution < 1.29 is 4.74 Å². The molecule has 0 saturated heterocycles. The molecule has 4 heteroatoms. The number of aryl methyl sites for hydroxylation is 2. The van der Waals surface area contributed by atoms with E-state index in [1.165, 1.54) is 0 Å². The monoisotopic (exact) mass is 231 g/mol. The molecule has 0 amide bonds. The van der Waals surface area contributed by atoms with Crippen LogP contribution in [0.5, 0.6) is 5.88 Å². The second-order valence-corrected chi connectivity index (χ2v) is 4.00. The van der Waals surface area contributed by atoms with Crippen LogP contribution in [0.25, 0.3) is 0 Å². The molecule has 0 aliphatic carbocycles. The zero-order chi connectivity index (χ0) is 12.3. The van der Waals surface area contributed by atoms with E-state index in [2.05, 4.69) is 5.10 Å². The highest BCUT2D eigenvalue weighted by atomic mass is 16.5. The van der Waals surface area contributed by atoms with Crippen molar-refractivity contribution in [2.75, 3.05) is 6.54 Å². The lowest BCUT2D eigenvalue weighted by Crippen LogP contribution is -2.19. The Kier molecular flexibility index (Phi) is 3.44. The predicted molar refractivity (Wildman–Crippen MR) is 66.8 cm³/mol. The van der Waals surface area contributed by atoms with Gasteiger partial charge in [0.2, 0.25) is 5.88 Å². The molecule has 0 radical (unpaired) electrons. The summed E-state index contributed by atoms with van der Waals surface area (Å²) in [5.74, 6) is 0.738. The lowest BCUT2D eigenvalue weighted by atomic mass is 10.1. The fraction of sp³-hybridized carbons (Fsp3) is 0.308. The normalized spacial score (nSPS) is 12.4. The standard InChI is InChI=1S/C13H17N3O/c1-10-8-13(16(2)15-10)17-12(9-14)11-6-4-3-5-7-11/h3-8,12H,9,14H2,1-2H3. The quantitative estimate of drug-likeness (QED) is 0.873. The smallest absolute Gasteiger partial charge is 0.212 e. The number of aromatic nitrogens is 2. The Balaban J connectivity index is 2.18. The van der Waals surface area contributed by atoms with E-state index < -0.39 is 0 Å². The van der Waals surface area contributed by atoms with Gasteiger partial charge in [0.15, 0.2) is 0 Å². The lowest BCUT2D eigenvalue weighted by Gasteiger charge is -2.17. The number of ether oxygens (including phenoxy) is 1. The van der Waals surface area contributed by atoms with Gasteiger partial charge in [0.25, 0.3) is 0 Å². The van der Waals surface area contributed by atoms with Crippen LogP contribution in [0.4, 0.5) is 0 Å². The van der Waals surface area contributed by atoms with Gasteiger partial charge in [0.05, 0.1) is 5.69 Å². The van der Waals surface area contributed by atoms with E-state index >= 15 is 0 Å². The highest BCUT2D eigenvalue weighted by Crippen LogP contribution is 2.21. The summed E-state index contributed by atoms with van der Waals surface area (Å²) in [5.41, 5.74) is 7.77. The van der Waals surface area contributed by atoms with Crippen LogP contribution in [0.2, 0.25) is 0 Å². The molecule has 1 atom stereocenters. The van der Waals surface area contributed by atoms with Crippen LogP contribution in [0, 0.1) is 6.92 Å². The first-order valence-electron chi connectivity index (χ1n) is 5.63. The van der Waals surface area contributed by atoms with Crippen molar-refractivity contribution >= 4 is 0 Å². The summed E-state index contributed by atoms with van der Waals surface area (Å²) in [7, 11) is 1.86. The average Bonchev–Trinajstić information content (AvgIpc) is 2.66. The first-order valence-corrected chi connectivity index (χ1v) is 5.63. The summed E-state index contributed by atoms with van der Waals surface area (Å²) in [4.78, 5) is 0. The molecule has 0 aliphatic rings. The third-order valence-corrected chi connectivity index (χ3v) is 2.61. The molecule has 1 heterocycles. The third-order valence-electron chi connectivity index (χ3n) is 2.61. The molecular weight excluding hydrogens is 214 g/mol. The summed E-state index contributed by atoms with van der Waals surface area (Å²) < 4.78 is 7.60. The van der Waals surface area contributed by atoms with Crippen molar-refractivity contribution in [2.45, 2.75) is 13.0 Å². The second kappa shape index (κ2) is 5.01. The van der Waals surface area contributed by atoms with Gasteiger partial charge < -0.3 is 10.5 Å². The fourth-order valence-electron chi connectivity index (χ4n) is 1.76. The molecule has 2 rings (SSSR count). The van der Waals surface area contributed by atoms with E-state index in [9.17, 15) is 0 Å². The van der Waals surface area contributed by atoms with Crippen molar-refractivity contribution in [3.05, 3.63) is 47.7 Å². The van der Waals surface area contributed by atoms with Gasteiger partial charge in [0.1, 0.15) is 6.10 Å². The Hall–Kier alpha value is -1.81. The maximum absolute atomic E-state index is 5.88. The molecule has 0 bridgehead atoms. The number of benzene rings is 1. The van der Waals surface area contributed by atoms with Crippen molar-refractivity contribution in [3.8, 4) is 5.88 Å². The number of hydrogen-bond acceptors (Lipinski definition) is 3. The Labute approximate surface area is 101 Å². The van der Waals surface area contributed by atoms with Crippen molar-refractivity contribution in [3.63, 3.8) is 0 Å². The number of nitrogens with two attached hydrogens (primary N) is 1. The Morgan fingerprint density at radius 1 is 1.35 bits per heavy atom. The summed E-state index contributed by atoms with van der Waals surface area (Å²) in [6, 6.07) is 11.9. The lowest BCUT2D eigenvalue weighted by molar-refractivity contribution is 0.195. The summed E-state index contributed by atoms with van der Waals surface area (Å²) in [6.45, 7) is 2.38. The van der Waals surface area contributed by atoms with Gasteiger partial charge in [-0.25, -0.2) is 4.68 Å². The molecule has 2 aromatic rings. The van der Waals surface area contributed by atoms with Gasteiger partial charge in [-0.1, -0.05) is 30.3 Å². The molecule has 1 aromatic carbocycles. The van der Waals surface area contributed by atoms with Crippen LogP contribution >= 0.6 is 0 Å². The van der Waals surface area contributed by atoms with E-state index in [4.69, 9.17) is 10.5 Å². The number of nitrogens with zero attached hydrogens (tertiary/aromatic N) is 2. The summed E-state index contributed by atoms with van der Waals surface area (Å²) >= 11 is 0. The molecule has 17 heavy (non-hydrogen) atoms. The van der Waals surface area contributed by atoms with Gasteiger partial charge in [-0.05, 0) is 12.5 Å². The number of rotatable bonds is 4. The zero-order valence-electron chi connectivity index (χ0n) is 10.1. The van der Waals surface area contributed by atoms with Crippen LogP contribution in [0.3, 0.4) is 0 Å². The maximum atomic E-state index is 5.88. The average molecular weight is 231 g/mol. The fourth-order valence-corrected chi connectivity index (χ4v) is 1.76. The highest BCUT2D eigenvalue weighted by molar-refractivity contribution is 5.21. The van der Waals surface area contributed by atoms with Gasteiger partial charge in [-0.3, -0.25) is 0 Å². The van der Waals surface area contributed by atoms with Gasteiger partial charge in [-0.15, -0.1) is 0 Å². The van der Waals surface area contributed by atoms with E-state index in [0.717, 1.165) is 17.1 Å². The van der Waals surface area contributed by atoms with Crippen LogP contribution in [-0.4, -0.2) is 16.3 Å². The molecule has 1 unspecified atom stereocenters. The topological polar surface area (TPSA) is 53.1 Å². The minimum atomic E-state index is -0.133. The maximum Gasteiger partial charge on any atom is 0.212 e. The van der Waals surface area contributed by atoms with E-state index in [0.29, 0.717) is 6.54 Å². The predicted octanol–water partition coefficient (Wildman–Crippen LogP) is 1.81. The SMILES string of the molecule is Cc1cc(OC(CN)c2ccccc2)n(C)n1. The minimum absolute atomic E-state index is 0.133. The van der Waals surface area contributed by atoms with Crippen LogP contribution in [0.15, 0.2) is 36.4 Å². The Morgan fingerprint density at radius 3 is 2.59 bits per heavy atom. The number of hydrogen-bond donors (Lipinski definition) is 1. The van der Waals surface area contributed by atoms with E-state index in [-0.39, 0.29) is 6.10 Å². The first-order chi connectivity index (χ1) is 8.20. The second-order valence-electron chi connectivity index (χ2n) is 4.00. The molecule has 1 aromatic heterocycles. The Morgan fingerprint density at radius 2 is 2.06 bits per heavy atom. The third kappa shape index (κ3) is 2.65. The van der Waals surface area contributed by atoms with Crippen LogP contribution in [0.1, 0.15) is 17.4 Å². The van der Waals surface area contributed by atoms with E-state index in [1.807, 2.05) is 50.4 Å². The van der Waals surface area contributed by atoms with Gasteiger partial charge in [0, 0.05) is 19.7 Å². The van der Waals surface area contributed by atoms with Gasteiger partial charge in [-0.2, -0.15) is 5.10 Å². The van der Waals surface area contributed by atoms with Crippen molar-refractivity contribution in [1.82, 2.24) is 9.78 Å². The molecule has 0 fully saturated rings. The Bertz CT molecular complexity index is 479. The molecule has 4 nitrogen and oxygen atoms in total. The van der Waals surface area contributed by atoms with Crippen LogP contribution < -0.4 is 10.5 Å². The van der Waals surface area contributed by atoms with Gasteiger partial charge >= 0.3 is 0 Å². The molecule has 0 saturated carbocycles. The highest BCUT2D eigenvalue weighted by Gasteiger charge is 2.13. The first kappa shape index (κ1) is 11.7. The summed E-state index contributed by atoms with van der Waals surface area (Å²) in [6.07, 6.45) is -0.133. The van der Waals surface area contributed by atoms with Crippen molar-refractivity contribution in [2.24, 2.45) is 12.8 Å². The molecule has 0 spiro atoms. The summed E-state index contributed by atoms with van der Waals surface area (Å²) in [5, 5.41) is 4.24. The minimum Gasteiger partial charge on any atom is -0.468 e. The molecular formula is C13H17N3O. The largest absolute Gasteiger partial charge is 0.468 e. The molecule has 0 aliphatic heterocycles.